The molecule has 0 fully saturated rings. The number of rotatable bonds is 2. The van der Waals surface area contributed by atoms with Gasteiger partial charge < -0.3 is 0 Å². The maximum absolute atomic E-state index is 10.8. The van der Waals surface area contributed by atoms with E-state index in [-0.39, 0.29) is 11.2 Å². The molecule has 0 saturated heterocycles. The Morgan fingerprint density at radius 2 is 2.06 bits per heavy atom. The smallest absolute Gasteiger partial charge is 0.235 e. The summed E-state index contributed by atoms with van der Waals surface area (Å²) in [4.78, 5) is 18.9. The highest BCUT2D eigenvalue weighted by Crippen LogP contribution is 2.20. The van der Waals surface area contributed by atoms with Gasteiger partial charge in [0.25, 0.3) is 0 Å². The van der Waals surface area contributed by atoms with Crippen LogP contribution in [0.2, 0.25) is 5.28 Å². The largest absolute Gasteiger partial charge is 0.281 e. The predicted molar refractivity (Wildman–Crippen MR) is 62.0 cm³/mol. The summed E-state index contributed by atoms with van der Waals surface area (Å²) in [6.45, 7) is 1.40. The van der Waals surface area contributed by atoms with Gasteiger partial charge in [-0.3, -0.25) is 15.6 Å². The molecule has 2 aromatic rings. The molecule has 0 aliphatic rings. The normalized spacial score (nSPS) is 10.1. The van der Waals surface area contributed by atoms with E-state index in [2.05, 4.69) is 20.8 Å². The van der Waals surface area contributed by atoms with Gasteiger partial charge in [-0.25, -0.2) is 4.98 Å². The number of aromatic nitrogens is 2. The van der Waals surface area contributed by atoms with Gasteiger partial charge in [-0.1, -0.05) is 12.1 Å². The third-order valence-electron chi connectivity index (χ3n) is 1.93. The zero-order valence-electron chi connectivity index (χ0n) is 8.49. The van der Waals surface area contributed by atoms with Crippen LogP contribution in [0.3, 0.4) is 0 Å². The molecule has 1 heterocycles. The second-order valence-electron chi connectivity index (χ2n) is 3.16. The van der Waals surface area contributed by atoms with Crippen molar-refractivity contribution in [3.8, 4) is 0 Å². The van der Waals surface area contributed by atoms with Crippen molar-refractivity contribution in [3.05, 3.63) is 29.5 Å². The van der Waals surface area contributed by atoms with E-state index in [0.29, 0.717) is 5.82 Å². The molecule has 1 aromatic heterocycles. The molecule has 5 nitrogen and oxygen atoms in total. The molecule has 0 aliphatic heterocycles. The molecule has 2 N–H and O–H groups in total. The van der Waals surface area contributed by atoms with E-state index < -0.39 is 0 Å². The van der Waals surface area contributed by atoms with Gasteiger partial charge in [0.15, 0.2) is 5.82 Å². The standard InChI is InChI=1S/C10H9ClN4O/c1-6(16)14-15-9-7-4-2-3-5-8(7)12-10(11)13-9/h2-5H,1H3,(H,14,16)(H,12,13,15). The maximum atomic E-state index is 10.8. The SMILES string of the molecule is CC(=O)NNc1nc(Cl)nc2ccccc12. The molecule has 0 saturated carbocycles. The topological polar surface area (TPSA) is 66.9 Å². The molecule has 1 aromatic carbocycles. The number of nitrogens with zero attached hydrogens (tertiary/aromatic N) is 2. The average molecular weight is 237 g/mol. The zero-order chi connectivity index (χ0) is 11.5. The lowest BCUT2D eigenvalue weighted by atomic mass is 10.2. The van der Waals surface area contributed by atoms with Crippen LogP contribution in [-0.2, 0) is 4.79 Å². The molecule has 0 radical (unpaired) electrons. The third kappa shape index (κ3) is 2.20. The molecule has 6 heteroatoms. The minimum atomic E-state index is -0.209. The third-order valence-corrected chi connectivity index (χ3v) is 2.10. The van der Waals surface area contributed by atoms with Gasteiger partial charge in [0.1, 0.15) is 0 Å². The lowest BCUT2D eigenvalue weighted by Gasteiger charge is -2.08. The van der Waals surface area contributed by atoms with Gasteiger partial charge in [-0.2, -0.15) is 4.98 Å². The Balaban J connectivity index is 2.46. The number of halogens is 1. The van der Waals surface area contributed by atoms with Crippen molar-refractivity contribution in [2.24, 2.45) is 0 Å². The molecule has 0 bridgehead atoms. The number of hydrazine groups is 1. The number of para-hydroxylation sites is 1. The van der Waals surface area contributed by atoms with E-state index in [1.807, 2.05) is 24.3 Å². The first-order valence-corrected chi connectivity index (χ1v) is 4.99. The van der Waals surface area contributed by atoms with Crippen LogP contribution in [-0.4, -0.2) is 15.9 Å². The quantitative estimate of drug-likeness (QED) is 0.616. The lowest BCUT2D eigenvalue weighted by molar-refractivity contribution is -0.118. The second kappa shape index (κ2) is 4.32. The maximum Gasteiger partial charge on any atom is 0.235 e. The predicted octanol–water partition coefficient (Wildman–Crippen LogP) is 1.75. The van der Waals surface area contributed by atoms with Crippen molar-refractivity contribution in [2.75, 3.05) is 5.43 Å². The van der Waals surface area contributed by atoms with E-state index in [9.17, 15) is 4.79 Å². The minimum Gasteiger partial charge on any atom is -0.281 e. The van der Waals surface area contributed by atoms with Gasteiger partial charge in [-0.05, 0) is 23.7 Å². The van der Waals surface area contributed by atoms with E-state index in [4.69, 9.17) is 11.6 Å². The average Bonchev–Trinajstić information content (AvgIpc) is 2.25. The fourth-order valence-electron chi connectivity index (χ4n) is 1.29. The zero-order valence-corrected chi connectivity index (χ0v) is 9.25. The Bertz CT molecular complexity index is 543. The Labute approximate surface area is 96.8 Å². The van der Waals surface area contributed by atoms with Crippen molar-refractivity contribution >= 4 is 34.2 Å². The number of amides is 1. The summed E-state index contributed by atoms with van der Waals surface area (Å²) >= 11 is 5.76. The summed E-state index contributed by atoms with van der Waals surface area (Å²) in [7, 11) is 0. The lowest BCUT2D eigenvalue weighted by Crippen LogP contribution is -2.27. The summed E-state index contributed by atoms with van der Waals surface area (Å²) in [5.41, 5.74) is 5.85. The molecule has 2 rings (SSSR count). The van der Waals surface area contributed by atoms with Crippen molar-refractivity contribution in [1.29, 1.82) is 0 Å². The Morgan fingerprint density at radius 3 is 2.81 bits per heavy atom. The fourth-order valence-corrected chi connectivity index (χ4v) is 1.47. The summed E-state index contributed by atoms with van der Waals surface area (Å²) in [6, 6.07) is 7.38. The van der Waals surface area contributed by atoms with Crippen LogP contribution in [0.15, 0.2) is 24.3 Å². The molecular weight excluding hydrogens is 228 g/mol. The van der Waals surface area contributed by atoms with Crippen LogP contribution in [0, 0.1) is 0 Å². The van der Waals surface area contributed by atoms with Crippen LogP contribution in [0.1, 0.15) is 6.92 Å². The van der Waals surface area contributed by atoms with E-state index in [1.54, 1.807) is 0 Å². The van der Waals surface area contributed by atoms with E-state index in [1.165, 1.54) is 6.92 Å². The fraction of sp³-hybridized carbons (Fsp3) is 0.100. The molecule has 0 atom stereocenters. The van der Waals surface area contributed by atoms with Crippen LogP contribution >= 0.6 is 11.6 Å². The molecule has 0 spiro atoms. The van der Waals surface area contributed by atoms with Crippen LogP contribution in [0.25, 0.3) is 10.9 Å². The number of benzene rings is 1. The summed E-state index contributed by atoms with van der Waals surface area (Å²) < 4.78 is 0. The van der Waals surface area contributed by atoms with E-state index in [0.717, 1.165) is 10.9 Å². The molecule has 0 unspecified atom stereocenters. The number of hydrogen-bond acceptors (Lipinski definition) is 4. The van der Waals surface area contributed by atoms with Gasteiger partial charge >= 0.3 is 0 Å². The molecule has 82 valence electrons. The monoisotopic (exact) mass is 236 g/mol. The number of carbonyl (C=O) groups excluding carboxylic acids is 1. The number of nitrogens with one attached hydrogen (secondary N) is 2. The van der Waals surface area contributed by atoms with Crippen molar-refractivity contribution in [2.45, 2.75) is 6.92 Å². The number of fused-ring (bicyclic) bond motifs is 1. The molecule has 1 amide bonds. The first kappa shape index (κ1) is 10.6. The molecule has 0 aliphatic carbocycles. The van der Waals surface area contributed by atoms with E-state index >= 15 is 0 Å². The highest BCUT2D eigenvalue weighted by Gasteiger charge is 2.05. The Hall–Kier alpha value is -1.88. The van der Waals surface area contributed by atoms with Crippen LogP contribution in [0.4, 0.5) is 5.82 Å². The van der Waals surface area contributed by atoms with Gasteiger partial charge in [0.05, 0.1) is 5.52 Å². The summed E-state index contributed by atoms with van der Waals surface area (Å²) in [5, 5.41) is 0.923. The van der Waals surface area contributed by atoms with Gasteiger partial charge in [0.2, 0.25) is 11.2 Å². The van der Waals surface area contributed by atoms with Gasteiger partial charge in [-0.15, -0.1) is 0 Å². The van der Waals surface area contributed by atoms with Crippen LogP contribution in [0.5, 0.6) is 0 Å². The van der Waals surface area contributed by atoms with Crippen molar-refractivity contribution in [3.63, 3.8) is 0 Å². The molecular formula is C10H9ClN4O. The van der Waals surface area contributed by atoms with Crippen molar-refractivity contribution < 1.29 is 4.79 Å². The highest BCUT2D eigenvalue weighted by atomic mass is 35.5. The first-order valence-electron chi connectivity index (χ1n) is 4.61. The number of carbonyl (C=O) groups is 1. The first-order chi connectivity index (χ1) is 7.66. The summed E-state index contributed by atoms with van der Waals surface area (Å²) in [5.74, 6) is 0.268. The van der Waals surface area contributed by atoms with Crippen molar-refractivity contribution in [1.82, 2.24) is 15.4 Å². The number of anilines is 1. The van der Waals surface area contributed by atoms with Gasteiger partial charge in [0, 0.05) is 12.3 Å². The van der Waals surface area contributed by atoms with Crippen LogP contribution < -0.4 is 10.9 Å². The number of hydrogen-bond donors (Lipinski definition) is 2. The molecule has 16 heavy (non-hydrogen) atoms. The Kier molecular flexibility index (Phi) is 2.87. The highest BCUT2D eigenvalue weighted by molar-refractivity contribution is 6.28. The summed E-state index contributed by atoms with van der Waals surface area (Å²) in [6.07, 6.45) is 0. The minimum absolute atomic E-state index is 0.131. The Morgan fingerprint density at radius 1 is 1.31 bits per heavy atom. The second-order valence-corrected chi connectivity index (χ2v) is 3.50.